The molecule has 0 spiro atoms. The first kappa shape index (κ1) is 9.34. The first-order valence-corrected chi connectivity index (χ1v) is 4.06. The number of hydrogen-bond donors (Lipinski definition) is 0. The lowest BCUT2D eigenvalue weighted by atomic mass is 10.2. The molecule has 0 aliphatic carbocycles. The van der Waals surface area contributed by atoms with Crippen LogP contribution in [0.5, 0.6) is 5.75 Å². The second-order valence-electron chi connectivity index (χ2n) is 2.58. The summed E-state index contributed by atoms with van der Waals surface area (Å²) in [6, 6.07) is 9.61. The minimum absolute atomic E-state index is 0.422. The molecule has 0 amide bonds. The van der Waals surface area contributed by atoms with Gasteiger partial charge in [-0.05, 0) is 17.7 Å². The highest BCUT2D eigenvalue weighted by Gasteiger charge is 1.94. The summed E-state index contributed by atoms with van der Waals surface area (Å²) in [6.45, 7) is 4.05. The van der Waals surface area contributed by atoms with Crippen molar-refractivity contribution in [1.82, 2.24) is 0 Å². The Labute approximate surface area is 78.1 Å². The molecule has 0 heterocycles. The van der Waals surface area contributed by atoms with E-state index in [1.165, 1.54) is 0 Å². The van der Waals surface area contributed by atoms with E-state index in [0.717, 1.165) is 11.3 Å². The van der Waals surface area contributed by atoms with Crippen LogP contribution in [0.15, 0.2) is 36.9 Å². The molecular weight excluding hydrogens is 162 g/mol. The number of ether oxygens (including phenoxy) is 1. The first-order valence-electron chi connectivity index (χ1n) is 4.06. The third-order valence-corrected chi connectivity index (χ3v) is 1.55. The summed E-state index contributed by atoms with van der Waals surface area (Å²) >= 11 is 0. The number of benzene rings is 1. The molecule has 0 N–H and O–H groups in total. The SMILES string of the molecule is C=CCOc1cccc(CC#N)c1. The van der Waals surface area contributed by atoms with E-state index in [9.17, 15) is 0 Å². The summed E-state index contributed by atoms with van der Waals surface area (Å²) in [5.41, 5.74) is 0.976. The van der Waals surface area contributed by atoms with Crippen molar-refractivity contribution < 1.29 is 4.74 Å². The number of hydrogen-bond acceptors (Lipinski definition) is 2. The Morgan fingerprint density at radius 1 is 1.54 bits per heavy atom. The minimum atomic E-state index is 0.422. The van der Waals surface area contributed by atoms with Crippen molar-refractivity contribution in [2.45, 2.75) is 6.42 Å². The number of nitrogens with zero attached hydrogens (tertiary/aromatic N) is 1. The predicted octanol–water partition coefficient (Wildman–Crippen LogP) is 2.32. The molecule has 0 saturated heterocycles. The lowest BCUT2D eigenvalue weighted by Crippen LogP contribution is -1.93. The van der Waals surface area contributed by atoms with E-state index in [1.807, 2.05) is 24.3 Å². The molecule has 2 nitrogen and oxygen atoms in total. The van der Waals surface area contributed by atoms with Crippen molar-refractivity contribution in [2.24, 2.45) is 0 Å². The molecule has 2 heteroatoms. The van der Waals surface area contributed by atoms with Gasteiger partial charge in [-0.25, -0.2) is 0 Å². The Bertz CT molecular complexity index is 325. The largest absolute Gasteiger partial charge is 0.490 e. The highest BCUT2D eigenvalue weighted by atomic mass is 16.5. The van der Waals surface area contributed by atoms with Gasteiger partial charge in [0.2, 0.25) is 0 Å². The van der Waals surface area contributed by atoms with Crippen molar-refractivity contribution in [3.8, 4) is 11.8 Å². The van der Waals surface area contributed by atoms with Gasteiger partial charge in [0.05, 0.1) is 12.5 Å². The molecule has 1 aromatic rings. The second kappa shape index (κ2) is 5.00. The maximum absolute atomic E-state index is 8.48. The minimum Gasteiger partial charge on any atom is -0.490 e. The van der Waals surface area contributed by atoms with Gasteiger partial charge in [0.25, 0.3) is 0 Å². The Hall–Kier alpha value is -1.75. The van der Waals surface area contributed by atoms with Crippen LogP contribution in [-0.4, -0.2) is 6.61 Å². The van der Waals surface area contributed by atoms with Gasteiger partial charge in [-0.15, -0.1) is 0 Å². The van der Waals surface area contributed by atoms with Crippen LogP contribution in [-0.2, 0) is 6.42 Å². The molecule has 0 bridgehead atoms. The fourth-order valence-corrected chi connectivity index (χ4v) is 0.992. The van der Waals surface area contributed by atoms with Gasteiger partial charge >= 0.3 is 0 Å². The molecule has 0 unspecified atom stereocenters. The van der Waals surface area contributed by atoms with Gasteiger partial charge in [-0.2, -0.15) is 5.26 Å². The average molecular weight is 173 g/mol. The van der Waals surface area contributed by atoms with Crippen molar-refractivity contribution in [3.63, 3.8) is 0 Å². The molecule has 0 aromatic heterocycles. The Morgan fingerprint density at radius 2 is 2.38 bits per heavy atom. The van der Waals surface area contributed by atoms with Crippen LogP contribution in [0.4, 0.5) is 0 Å². The molecule has 0 fully saturated rings. The Kier molecular flexibility index (Phi) is 3.59. The lowest BCUT2D eigenvalue weighted by Gasteiger charge is -2.03. The van der Waals surface area contributed by atoms with E-state index < -0.39 is 0 Å². The first-order chi connectivity index (χ1) is 6.36. The molecule has 13 heavy (non-hydrogen) atoms. The Balaban J connectivity index is 2.68. The summed E-state index contributed by atoms with van der Waals surface area (Å²) < 4.78 is 5.31. The molecule has 1 aromatic carbocycles. The van der Waals surface area contributed by atoms with Crippen LogP contribution in [0.2, 0.25) is 0 Å². The van der Waals surface area contributed by atoms with E-state index in [0.29, 0.717) is 13.0 Å². The van der Waals surface area contributed by atoms with Crippen LogP contribution < -0.4 is 4.74 Å². The highest BCUT2D eigenvalue weighted by Crippen LogP contribution is 2.13. The zero-order valence-electron chi connectivity index (χ0n) is 7.36. The quantitative estimate of drug-likeness (QED) is 0.654. The van der Waals surface area contributed by atoms with Crippen molar-refractivity contribution in [2.75, 3.05) is 6.61 Å². The fourth-order valence-electron chi connectivity index (χ4n) is 0.992. The third kappa shape index (κ3) is 3.00. The zero-order chi connectivity index (χ0) is 9.52. The topological polar surface area (TPSA) is 33.0 Å². The average Bonchev–Trinajstić information content (AvgIpc) is 2.16. The van der Waals surface area contributed by atoms with E-state index in [4.69, 9.17) is 10.00 Å². The van der Waals surface area contributed by atoms with Crippen molar-refractivity contribution in [3.05, 3.63) is 42.5 Å². The molecular formula is C11H11NO. The third-order valence-electron chi connectivity index (χ3n) is 1.55. The van der Waals surface area contributed by atoms with Gasteiger partial charge in [0, 0.05) is 0 Å². The summed E-state index contributed by atoms with van der Waals surface area (Å²) in [5, 5.41) is 8.48. The smallest absolute Gasteiger partial charge is 0.120 e. The summed E-state index contributed by atoms with van der Waals surface area (Å²) in [6.07, 6.45) is 2.11. The fraction of sp³-hybridized carbons (Fsp3) is 0.182. The summed E-state index contributed by atoms with van der Waals surface area (Å²) in [7, 11) is 0. The van der Waals surface area contributed by atoms with Gasteiger partial charge in [0.1, 0.15) is 12.4 Å². The second-order valence-corrected chi connectivity index (χ2v) is 2.58. The molecule has 66 valence electrons. The zero-order valence-corrected chi connectivity index (χ0v) is 7.36. The van der Waals surface area contributed by atoms with E-state index >= 15 is 0 Å². The van der Waals surface area contributed by atoms with Crippen molar-refractivity contribution >= 4 is 0 Å². The van der Waals surface area contributed by atoms with E-state index in [1.54, 1.807) is 6.08 Å². The van der Waals surface area contributed by atoms with Gasteiger partial charge < -0.3 is 4.74 Å². The Morgan fingerprint density at radius 3 is 3.08 bits per heavy atom. The standard InChI is InChI=1S/C11H11NO/c1-2-8-13-11-5-3-4-10(9-11)6-7-12/h2-5,9H,1,6,8H2. The van der Waals surface area contributed by atoms with Crippen LogP contribution in [0.25, 0.3) is 0 Å². The molecule has 0 saturated carbocycles. The molecule has 0 aliphatic heterocycles. The van der Waals surface area contributed by atoms with Gasteiger partial charge in [-0.1, -0.05) is 24.8 Å². The van der Waals surface area contributed by atoms with Crippen LogP contribution in [0.1, 0.15) is 5.56 Å². The molecule has 0 aliphatic rings. The molecule has 0 radical (unpaired) electrons. The summed E-state index contributed by atoms with van der Waals surface area (Å²) in [5.74, 6) is 0.785. The van der Waals surface area contributed by atoms with Gasteiger partial charge in [-0.3, -0.25) is 0 Å². The number of nitriles is 1. The van der Waals surface area contributed by atoms with Crippen molar-refractivity contribution in [1.29, 1.82) is 5.26 Å². The van der Waals surface area contributed by atoms with Crippen LogP contribution in [0.3, 0.4) is 0 Å². The lowest BCUT2D eigenvalue weighted by molar-refractivity contribution is 0.363. The number of rotatable bonds is 4. The van der Waals surface area contributed by atoms with E-state index in [2.05, 4.69) is 12.6 Å². The maximum Gasteiger partial charge on any atom is 0.120 e. The van der Waals surface area contributed by atoms with Gasteiger partial charge in [0.15, 0.2) is 0 Å². The molecule has 0 atom stereocenters. The van der Waals surface area contributed by atoms with Crippen LogP contribution >= 0.6 is 0 Å². The predicted molar refractivity (Wildman–Crippen MR) is 51.5 cm³/mol. The summed E-state index contributed by atoms with van der Waals surface area (Å²) in [4.78, 5) is 0. The van der Waals surface area contributed by atoms with Crippen LogP contribution in [0, 0.1) is 11.3 Å². The normalized spacial score (nSPS) is 8.85. The highest BCUT2D eigenvalue weighted by molar-refractivity contribution is 5.30. The maximum atomic E-state index is 8.48. The molecule has 1 rings (SSSR count). The van der Waals surface area contributed by atoms with E-state index in [-0.39, 0.29) is 0 Å². The monoisotopic (exact) mass is 173 g/mol.